The molecule has 1 saturated carbocycles. The van der Waals surface area contributed by atoms with Gasteiger partial charge in [0.15, 0.2) is 0 Å². The van der Waals surface area contributed by atoms with Crippen molar-refractivity contribution >= 4 is 57.8 Å². The van der Waals surface area contributed by atoms with E-state index in [-0.39, 0.29) is 60.9 Å². The predicted octanol–water partition coefficient (Wildman–Crippen LogP) is 19.6. The van der Waals surface area contributed by atoms with Gasteiger partial charge >= 0.3 is 0 Å². The summed E-state index contributed by atoms with van der Waals surface area (Å²) in [6, 6.07) is 34.2. The summed E-state index contributed by atoms with van der Waals surface area (Å²) in [5, 5.41) is 0.464. The molecule has 4 heteroatoms. The topological polar surface area (TPSA) is 6.48 Å². The van der Waals surface area contributed by atoms with Crippen LogP contribution in [0.25, 0.3) is 11.1 Å². The van der Waals surface area contributed by atoms with Crippen molar-refractivity contribution < 1.29 is 0 Å². The van der Waals surface area contributed by atoms with E-state index in [4.69, 9.17) is 0 Å². The SMILES string of the molecule is CC1(C)CCC(C)(C)c2cc(-c3cc4c5c(c3)N(c3ccc6c(c3)C(C)(C)CCC6(C)C)c3cc6c(cc3B5C3=C(C5C(S3)C(C)(C)CCC5(C)C)N4c3ccc4c(c3)C(C)(C)CCC4(C)C)C(C)(C)CCC6(C)C)ccc21. The van der Waals surface area contributed by atoms with Gasteiger partial charge in [0.2, 0.25) is 0 Å². The minimum absolute atomic E-state index is 0.0537. The third-order valence-corrected chi connectivity index (χ3v) is 25.3. The van der Waals surface area contributed by atoms with E-state index < -0.39 is 0 Å². The maximum atomic E-state index is 2.92. The molecule has 0 amide bonds. The van der Waals surface area contributed by atoms with Crippen molar-refractivity contribution in [3.8, 4) is 11.1 Å². The first-order valence-electron chi connectivity index (χ1n) is 30.9. The van der Waals surface area contributed by atoms with E-state index in [1.807, 2.05) is 0 Å². The van der Waals surface area contributed by atoms with Gasteiger partial charge < -0.3 is 9.80 Å². The monoisotopic (exact) mass is 1050 g/mol. The predicted molar refractivity (Wildman–Crippen MR) is 340 cm³/mol. The highest BCUT2D eigenvalue weighted by Crippen LogP contribution is 2.66. The molecule has 5 aromatic carbocycles. The van der Waals surface area contributed by atoms with Crippen molar-refractivity contribution in [2.75, 3.05) is 9.80 Å². The Kier molecular flexibility index (Phi) is 11.1. The lowest BCUT2D eigenvalue weighted by atomic mass is 9.35. The zero-order valence-electron chi connectivity index (χ0n) is 52.1. The van der Waals surface area contributed by atoms with Crippen LogP contribution in [0.2, 0.25) is 0 Å². The largest absolute Gasteiger partial charge is 0.314 e. The van der Waals surface area contributed by atoms with Gasteiger partial charge in [0.25, 0.3) is 6.71 Å². The Morgan fingerprint density at radius 2 is 0.744 bits per heavy atom. The van der Waals surface area contributed by atoms with E-state index >= 15 is 0 Å². The Bertz CT molecular complexity index is 3440. The molecule has 2 atom stereocenters. The molecule has 0 bridgehead atoms. The van der Waals surface area contributed by atoms with Crippen molar-refractivity contribution in [3.05, 3.63) is 134 Å². The molecule has 78 heavy (non-hydrogen) atoms. The first kappa shape index (κ1) is 53.2. The van der Waals surface area contributed by atoms with E-state index in [2.05, 4.69) is 239 Å². The fourth-order valence-corrected chi connectivity index (χ4v) is 19.4. The highest BCUT2D eigenvalue weighted by Gasteiger charge is 2.60. The molecule has 2 unspecified atom stereocenters. The van der Waals surface area contributed by atoms with Gasteiger partial charge in [0.1, 0.15) is 0 Å². The summed E-state index contributed by atoms with van der Waals surface area (Å²) in [4.78, 5) is 7.36. The zero-order chi connectivity index (χ0) is 55.8. The summed E-state index contributed by atoms with van der Waals surface area (Å²) < 4.78 is 0. The summed E-state index contributed by atoms with van der Waals surface area (Å²) in [5.41, 5.74) is 27.4. The molecular formula is C74H95BN2S. The van der Waals surface area contributed by atoms with Crippen LogP contribution in [0.1, 0.15) is 247 Å². The van der Waals surface area contributed by atoms with E-state index in [0.717, 1.165) is 0 Å². The second-order valence-electron chi connectivity index (χ2n) is 33.5. The van der Waals surface area contributed by atoms with Gasteiger partial charge in [-0.3, -0.25) is 0 Å². The van der Waals surface area contributed by atoms with Gasteiger partial charge in [0, 0.05) is 45.3 Å². The van der Waals surface area contributed by atoms with Gasteiger partial charge in [-0.15, -0.1) is 11.8 Å². The molecule has 3 heterocycles. The van der Waals surface area contributed by atoms with Crippen LogP contribution >= 0.6 is 11.8 Å². The van der Waals surface area contributed by atoms with Crippen molar-refractivity contribution in [2.45, 2.75) is 251 Å². The number of rotatable bonds is 3. The Hall–Kier alpha value is -4.15. The van der Waals surface area contributed by atoms with E-state index in [1.54, 1.807) is 27.2 Å². The van der Waals surface area contributed by atoms with Crippen LogP contribution in [0.15, 0.2) is 89.4 Å². The number of hydrogen-bond donors (Lipinski definition) is 0. The van der Waals surface area contributed by atoms with Gasteiger partial charge in [-0.2, -0.15) is 0 Å². The summed E-state index contributed by atoms with van der Waals surface area (Å²) in [7, 11) is 0. The standard InChI is InChI=1S/C74H95BN2S/c1-65(2)27-30-68(7,8)51-37-44(21-24-48(51)65)45-38-58-61-59(39-45)77(47-23-26-50-53(41-47)70(11,12)32-29-67(50,5)6)62-60-63(74(19,20)36-35-73(60,17)18)78-64(62)75(61)56-42-54-55(72(15,16)34-33-71(54,13)14)43-57(56)76(58)46-22-25-49-52(40-46)69(9,10)31-28-66(49,3)4/h21-26,37-43,60,63H,27-36H2,1-20H3. The first-order chi connectivity index (χ1) is 36.1. The molecule has 5 aromatic rings. The third kappa shape index (κ3) is 7.60. The molecule has 0 saturated heterocycles. The van der Waals surface area contributed by atoms with Crippen LogP contribution in [0.5, 0.6) is 0 Å². The molecule has 3 aliphatic heterocycles. The van der Waals surface area contributed by atoms with E-state index in [1.165, 1.54) is 143 Å². The fourth-order valence-electron chi connectivity index (χ4n) is 17.3. The van der Waals surface area contributed by atoms with Crippen molar-refractivity contribution in [3.63, 3.8) is 0 Å². The highest BCUT2D eigenvalue weighted by atomic mass is 32.2. The first-order valence-corrected chi connectivity index (χ1v) is 31.8. The lowest BCUT2D eigenvalue weighted by molar-refractivity contribution is 0.0881. The molecule has 5 aliphatic carbocycles. The molecule has 8 aliphatic rings. The number of fused-ring (bicyclic) bond motifs is 9. The normalized spacial score (nSPS) is 26.8. The molecule has 2 nitrogen and oxygen atoms in total. The smallest absolute Gasteiger partial charge is 0.259 e. The number of benzene rings is 5. The molecule has 0 radical (unpaired) electrons. The quantitative estimate of drug-likeness (QED) is 0.166. The maximum Gasteiger partial charge on any atom is 0.259 e. The number of nitrogens with zero attached hydrogens (tertiary/aromatic N) is 2. The molecule has 0 N–H and O–H groups in total. The van der Waals surface area contributed by atoms with Gasteiger partial charge in [0.05, 0.1) is 0 Å². The van der Waals surface area contributed by atoms with Gasteiger partial charge in [-0.1, -0.05) is 175 Å². The summed E-state index contributed by atoms with van der Waals surface area (Å²) in [6.45, 7) is 50.8. The molecule has 13 rings (SSSR count). The van der Waals surface area contributed by atoms with Gasteiger partial charge in [-0.25, -0.2) is 0 Å². The Morgan fingerprint density at radius 3 is 1.23 bits per heavy atom. The fraction of sp³-hybridized carbons (Fsp3) is 0.568. The molecule has 0 spiro atoms. The van der Waals surface area contributed by atoms with Crippen LogP contribution in [0.3, 0.4) is 0 Å². The minimum atomic E-state index is 0.0537. The Morgan fingerprint density at radius 1 is 0.359 bits per heavy atom. The van der Waals surface area contributed by atoms with Crippen molar-refractivity contribution in [1.82, 2.24) is 0 Å². The molecule has 1 fully saturated rings. The number of hydrogen-bond acceptors (Lipinski definition) is 3. The summed E-state index contributed by atoms with van der Waals surface area (Å²) >= 11 is 2.30. The van der Waals surface area contributed by atoms with E-state index in [9.17, 15) is 0 Å². The molecular weight excluding hydrogens is 960 g/mol. The zero-order valence-corrected chi connectivity index (χ0v) is 52.9. The third-order valence-electron chi connectivity index (χ3n) is 23.5. The molecule has 0 aromatic heterocycles. The Balaban J connectivity index is 1.18. The summed E-state index contributed by atoms with van der Waals surface area (Å²) in [5.74, 6) is 0.384. The second-order valence-corrected chi connectivity index (χ2v) is 34.7. The highest BCUT2D eigenvalue weighted by molar-refractivity contribution is 8.06. The average molecular weight is 1060 g/mol. The number of anilines is 5. The van der Waals surface area contributed by atoms with Crippen molar-refractivity contribution in [2.24, 2.45) is 16.7 Å². The lowest BCUT2D eigenvalue weighted by Gasteiger charge is -2.52. The lowest BCUT2D eigenvalue weighted by Crippen LogP contribution is -2.56. The average Bonchev–Trinajstić information content (AvgIpc) is 2.41. The molecule has 410 valence electrons. The van der Waals surface area contributed by atoms with Crippen LogP contribution in [-0.2, 0) is 43.3 Å². The number of thioether (sulfide) groups is 1. The summed E-state index contributed by atoms with van der Waals surface area (Å²) in [6.07, 6.45) is 12.1. The second kappa shape index (κ2) is 16.3. The van der Waals surface area contributed by atoms with Crippen LogP contribution < -0.4 is 20.7 Å². The minimum Gasteiger partial charge on any atom is -0.314 e. The number of allylic oxidation sites excluding steroid dienone is 1. The van der Waals surface area contributed by atoms with Gasteiger partial charge in [-0.05, 0) is 232 Å². The maximum absolute atomic E-state index is 2.92. The van der Waals surface area contributed by atoms with E-state index in [0.29, 0.717) is 11.2 Å². The van der Waals surface area contributed by atoms with Crippen LogP contribution in [-0.4, -0.2) is 12.0 Å². The van der Waals surface area contributed by atoms with Crippen LogP contribution in [0, 0.1) is 16.7 Å². The van der Waals surface area contributed by atoms with Crippen molar-refractivity contribution in [1.29, 1.82) is 0 Å². The van der Waals surface area contributed by atoms with Crippen LogP contribution in [0.4, 0.5) is 28.4 Å². The Labute approximate surface area is 477 Å².